The minimum atomic E-state index is -0.220. The molecule has 0 bridgehead atoms. The highest BCUT2D eigenvalue weighted by Crippen LogP contribution is 2.53. The van der Waals surface area contributed by atoms with E-state index in [0.717, 1.165) is 27.2 Å². The third-order valence-electron chi connectivity index (χ3n) is 8.02. The van der Waals surface area contributed by atoms with Crippen LogP contribution in [0.15, 0.2) is 83.3 Å². The molecule has 2 aliphatic rings. The predicted octanol–water partition coefficient (Wildman–Crippen LogP) is 8.67. The van der Waals surface area contributed by atoms with Crippen LogP contribution in [-0.4, -0.2) is 9.97 Å². The molecule has 1 heterocycles. The Hall–Kier alpha value is -3.30. The Bertz CT molecular complexity index is 1710. The second kappa shape index (κ2) is 6.89. The molecule has 35 heavy (non-hydrogen) atoms. The molecule has 5 aromatic rings. The van der Waals surface area contributed by atoms with Gasteiger partial charge in [-0.2, -0.15) is 0 Å². The molecule has 3 heteroatoms. The second-order valence-electron chi connectivity index (χ2n) is 10.9. The first-order valence-corrected chi connectivity index (χ1v) is 12.9. The molecular weight excluding hydrogens is 492 g/mol. The summed E-state index contributed by atoms with van der Waals surface area (Å²) in [7, 11) is 0. The highest BCUT2D eigenvalue weighted by molar-refractivity contribution is 9.10. The van der Waals surface area contributed by atoms with Gasteiger partial charge in [0, 0.05) is 26.4 Å². The van der Waals surface area contributed by atoms with Gasteiger partial charge in [0.25, 0.3) is 0 Å². The van der Waals surface area contributed by atoms with Crippen molar-refractivity contribution in [3.8, 4) is 33.6 Å². The van der Waals surface area contributed by atoms with Crippen LogP contribution in [-0.2, 0) is 10.8 Å². The summed E-state index contributed by atoms with van der Waals surface area (Å²) in [4.78, 5) is 10.7. The number of halogens is 1. The largest absolute Gasteiger partial charge is 0.248 e. The van der Waals surface area contributed by atoms with Crippen LogP contribution in [0.1, 0.15) is 50.2 Å². The molecule has 0 saturated carbocycles. The lowest BCUT2D eigenvalue weighted by atomic mass is 9.83. The Kier molecular flexibility index (Phi) is 4.14. The maximum absolute atomic E-state index is 5.33. The van der Waals surface area contributed by atoms with Crippen LogP contribution in [0.2, 0.25) is 0 Å². The SMILES string of the molecule is CC1(C)c2cc(Br)ccc2-c2nc3c(nc21)-c1ccc(-c2ccc4ccccc4c2)cc1C3(C)C. The fraction of sp³-hybridized carbons (Fsp3) is 0.188. The first-order chi connectivity index (χ1) is 16.7. The Morgan fingerprint density at radius 1 is 0.571 bits per heavy atom. The van der Waals surface area contributed by atoms with E-state index in [-0.39, 0.29) is 10.8 Å². The van der Waals surface area contributed by atoms with Crippen molar-refractivity contribution in [3.63, 3.8) is 0 Å². The van der Waals surface area contributed by atoms with E-state index in [1.807, 2.05) is 0 Å². The maximum Gasteiger partial charge on any atom is 0.0933 e. The molecule has 0 fully saturated rings. The predicted molar refractivity (Wildman–Crippen MR) is 148 cm³/mol. The zero-order chi connectivity index (χ0) is 24.1. The summed E-state index contributed by atoms with van der Waals surface area (Å²) in [5.74, 6) is 0. The number of hydrogen-bond donors (Lipinski definition) is 0. The molecule has 1 aromatic heterocycles. The van der Waals surface area contributed by atoms with E-state index in [1.165, 1.54) is 44.2 Å². The lowest BCUT2D eigenvalue weighted by Crippen LogP contribution is -2.20. The standard InChI is InChI=1S/C32H25BrN2/c1-31(2)25-16-21(20-10-9-18-7-5-6-8-19(18)15-20)11-13-23(25)27-29(31)35-28-24-14-12-22(33)17-26(24)32(3,4)30(28)34-27/h5-17H,1-4H3. The van der Waals surface area contributed by atoms with E-state index < -0.39 is 0 Å². The molecule has 0 amide bonds. The Labute approximate surface area is 214 Å². The zero-order valence-electron chi connectivity index (χ0n) is 20.3. The van der Waals surface area contributed by atoms with E-state index in [1.54, 1.807) is 0 Å². The molecular formula is C32H25BrN2. The summed E-state index contributed by atoms with van der Waals surface area (Å²) < 4.78 is 1.09. The van der Waals surface area contributed by atoms with Gasteiger partial charge in [-0.1, -0.05) is 98.2 Å². The van der Waals surface area contributed by atoms with Crippen molar-refractivity contribution in [2.45, 2.75) is 38.5 Å². The minimum absolute atomic E-state index is 0.186. The van der Waals surface area contributed by atoms with Crippen molar-refractivity contribution in [2.24, 2.45) is 0 Å². The third-order valence-corrected chi connectivity index (χ3v) is 8.51. The quantitative estimate of drug-likeness (QED) is 0.222. The van der Waals surface area contributed by atoms with E-state index in [9.17, 15) is 0 Å². The summed E-state index contributed by atoms with van der Waals surface area (Å²) in [6, 6.07) is 28.6. The molecule has 4 aromatic carbocycles. The van der Waals surface area contributed by atoms with Crippen LogP contribution in [0.4, 0.5) is 0 Å². The van der Waals surface area contributed by atoms with Gasteiger partial charge >= 0.3 is 0 Å². The van der Waals surface area contributed by atoms with Gasteiger partial charge in [0.2, 0.25) is 0 Å². The normalized spacial score (nSPS) is 16.0. The Morgan fingerprint density at radius 2 is 1.11 bits per heavy atom. The lowest BCUT2D eigenvalue weighted by molar-refractivity contribution is 0.617. The van der Waals surface area contributed by atoms with E-state index in [0.29, 0.717) is 0 Å². The van der Waals surface area contributed by atoms with Crippen molar-refractivity contribution in [1.82, 2.24) is 9.97 Å². The zero-order valence-corrected chi connectivity index (χ0v) is 21.9. The fourth-order valence-electron chi connectivity index (χ4n) is 5.99. The van der Waals surface area contributed by atoms with Crippen molar-refractivity contribution in [1.29, 1.82) is 0 Å². The monoisotopic (exact) mass is 516 g/mol. The van der Waals surface area contributed by atoms with Gasteiger partial charge in [0.15, 0.2) is 0 Å². The van der Waals surface area contributed by atoms with Gasteiger partial charge in [0.05, 0.1) is 22.8 Å². The summed E-state index contributed by atoms with van der Waals surface area (Å²) in [5, 5.41) is 2.53. The molecule has 0 aliphatic heterocycles. The topological polar surface area (TPSA) is 25.8 Å². The van der Waals surface area contributed by atoms with Crippen LogP contribution < -0.4 is 0 Å². The van der Waals surface area contributed by atoms with Gasteiger partial charge in [-0.05, 0) is 57.3 Å². The van der Waals surface area contributed by atoms with Crippen molar-refractivity contribution < 1.29 is 0 Å². The van der Waals surface area contributed by atoms with Crippen LogP contribution in [0.25, 0.3) is 44.4 Å². The summed E-state index contributed by atoms with van der Waals surface area (Å²) >= 11 is 3.65. The van der Waals surface area contributed by atoms with Crippen molar-refractivity contribution in [2.75, 3.05) is 0 Å². The second-order valence-corrected chi connectivity index (χ2v) is 11.8. The Morgan fingerprint density at radius 3 is 1.80 bits per heavy atom. The number of rotatable bonds is 1. The molecule has 0 atom stereocenters. The third kappa shape index (κ3) is 2.82. The molecule has 0 spiro atoms. The molecule has 0 saturated heterocycles. The summed E-state index contributed by atoms with van der Waals surface area (Å²) in [6.07, 6.45) is 0. The molecule has 7 rings (SSSR count). The smallest absolute Gasteiger partial charge is 0.0933 e. The van der Waals surface area contributed by atoms with Crippen molar-refractivity contribution >= 4 is 26.7 Å². The molecule has 2 nitrogen and oxygen atoms in total. The van der Waals surface area contributed by atoms with Gasteiger partial charge in [-0.15, -0.1) is 0 Å². The first kappa shape index (κ1) is 21.0. The molecule has 0 unspecified atom stereocenters. The van der Waals surface area contributed by atoms with E-state index in [4.69, 9.17) is 9.97 Å². The number of benzene rings is 4. The van der Waals surface area contributed by atoms with E-state index in [2.05, 4.69) is 122 Å². The highest BCUT2D eigenvalue weighted by Gasteiger charge is 2.44. The van der Waals surface area contributed by atoms with Gasteiger partial charge in [0.1, 0.15) is 0 Å². The Balaban J connectivity index is 1.40. The average molecular weight is 517 g/mol. The van der Waals surface area contributed by atoms with Crippen molar-refractivity contribution in [3.05, 3.63) is 106 Å². The fourth-order valence-corrected chi connectivity index (χ4v) is 6.36. The number of fused-ring (bicyclic) bond motifs is 7. The van der Waals surface area contributed by atoms with Gasteiger partial charge in [-0.3, -0.25) is 0 Å². The molecule has 0 N–H and O–H groups in total. The van der Waals surface area contributed by atoms with Crippen LogP contribution >= 0.6 is 15.9 Å². The maximum atomic E-state index is 5.33. The number of nitrogens with zero attached hydrogens (tertiary/aromatic N) is 2. The minimum Gasteiger partial charge on any atom is -0.248 e. The summed E-state index contributed by atoms with van der Waals surface area (Å²) in [6.45, 7) is 9.08. The molecule has 170 valence electrons. The van der Waals surface area contributed by atoms with Gasteiger partial charge in [-0.25, -0.2) is 9.97 Å². The van der Waals surface area contributed by atoms with Crippen LogP contribution in [0.5, 0.6) is 0 Å². The number of aromatic nitrogens is 2. The average Bonchev–Trinajstić information content (AvgIpc) is 3.21. The first-order valence-electron chi connectivity index (χ1n) is 12.1. The number of hydrogen-bond acceptors (Lipinski definition) is 2. The van der Waals surface area contributed by atoms with Gasteiger partial charge < -0.3 is 0 Å². The molecule has 0 radical (unpaired) electrons. The molecule has 2 aliphatic carbocycles. The highest BCUT2D eigenvalue weighted by atomic mass is 79.9. The van der Waals surface area contributed by atoms with E-state index >= 15 is 0 Å². The summed E-state index contributed by atoms with van der Waals surface area (Å²) in [5.41, 5.74) is 11.3. The van der Waals surface area contributed by atoms with Crippen LogP contribution in [0, 0.1) is 0 Å². The van der Waals surface area contributed by atoms with Crippen LogP contribution in [0.3, 0.4) is 0 Å². The lowest BCUT2D eigenvalue weighted by Gasteiger charge is -2.22.